The summed E-state index contributed by atoms with van der Waals surface area (Å²) < 4.78 is 8.27. The zero-order valence-electron chi connectivity index (χ0n) is 18.9. The molecule has 4 aromatic rings. The lowest BCUT2D eigenvalue weighted by atomic mass is 10.1. The number of benzene rings is 1. The number of rotatable bonds is 6. The minimum Gasteiger partial charge on any atom is -0.489 e. The molecular weight excluding hydrogens is 433 g/mol. The van der Waals surface area contributed by atoms with E-state index in [1.165, 1.54) is 0 Å². The highest BCUT2D eigenvalue weighted by molar-refractivity contribution is 7.59. The van der Waals surface area contributed by atoms with Crippen LogP contribution in [0.2, 0.25) is 0 Å². The summed E-state index contributed by atoms with van der Waals surface area (Å²) in [6, 6.07) is 12.1. The Balaban J connectivity index is 1.21. The molecule has 0 bridgehead atoms. The van der Waals surface area contributed by atoms with Crippen LogP contribution in [0, 0.1) is 0 Å². The largest absolute Gasteiger partial charge is 0.489 e. The highest BCUT2D eigenvalue weighted by Gasteiger charge is 2.22. The second kappa shape index (κ2) is 9.46. The average molecular weight is 462 g/mol. The smallest absolute Gasteiger partial charge is 0.225 e. The van der Waals surface area contributed by atoms with Gasteiger partial charge in [-0.25, -0.2) is 15.0 Å². The second-order valence-corrected chi connectivity index (χ2v) is 9.92. The summed E-state index contributed by atoms with van der Waals surface area (Å²) in [5.41, 5.74) is 2.23. The van der Waals surface area contributed by atoms with Crippen LogP contribution in [-0.4, -0.2) is 50.3 Å². The van der Waals surface area contributed by atoms with Gasteiger partial charge < -0.3 is 19.1 Å². The first-order chi connectivity index (χ1) is 16.1. The molecule has 5 rings (SSSR count). The lowest BCUT2D eigenvalue weighted by molar-refractivity contribution is 0.170. The van der Waals surface area contributed by atoms with Gasteiger partial charge in [0.25, 0.3) is 0 Å². The van der Waals surface area contributed by atoms with Gasteiger partial charge in [0, 0.05) is 55.2 Å². The third kappa shape index (κ3) is 4.70. The SMILES string of the molecule is CCc1cnc(N2CCC(Oc3ccc(-n4ccc5cc(P(C)O)ccc54)nc3)CC2)nc1. The van der Waals surface area contributed by atoms with E-state index >= 15 is 0 Å². The average Bonchev–Trinajstić information content (AvgIpc) is 3.28. The fourth-order valence-corrected chi connectivity index (χ4v) is 4.79. The summed E-state index contributed by atoms with van der Waals surface area (Å²) in [7, 11) is -1.10. The molecule has 1 fully saturated rings. The van der Waals surface area contributed by atoms with Crippen molar-refractivity contribution in [2.24, 2.45) is 0 Å². The Hall–Kier alpha value is -3.02. The van der Waals surface area contributed by atoms with E-state index in [2.05, 4.69) is 37.4 Å². The molecule has 0 amide bonds. The minimum absolute atomic E-state index is 0.164. The van der Waals surface area contributed by atoms with Crippen molar-refractivity contribution in [3.8, 4) is 11.6 Å². The van der Waals surface area contributed by atoms with Crippen LogP contribution in [0.4, 0.5) is 5.95 Å². The third-order valence-electron chi connectivity index (χ3n) is 6.14. The molecule has 1 unspecified atom stereocenters. The lowest BCUT2D eigenvalue weighted by Gasteiger charge is -2.32. The van der Waals surface area contributed by atoms with Gasteiger partial charge in [0.05, 0.1) is 19.9 Å². The Kier molecular flexibility index (Phi) is 6.25. The monoisotopic (exact) mass is 461 g/mol. The van der Waals surface area contributed by atoms with E-state index in [1.54, 1.807) is 6.20 Å². The molecule has 170 valence electrons. The zero-order valence-corrected chi connectivity index (χ0v) is 19.8. The number of nitrogens with zero attached hydrogens (tertiary/aromatic N) is 5. The van der Waals surface area contributed by atoms with Crippen LogP contribution >= 0.6 is 8.15 Å². The van der Waals surface area contributed by atoms with E-state index in [-0.39, 0.29) is 6.10 Å². The van der Waals surface area contributed by atoms with Gasteiger partial charge in [0.1, 0.15) is 17.7 Å². The van der Waals surface area contributed by atoms with Gasteiger partial charge in [-0.1, -0.05) is 13.0 Å². The molecule has 0 radical (unpaired) electrons. The number of aryl methyl sites for hydroxylation is 1. The van der Waals surface area contributed by atoms with Gasteiger partial charge in [0.2, 0.25) is 5.95 Å². The Morgan fingerprint density at radius 2 is 1.82 bits per heavy atom. The maximum Gasteiger partial charge on any atom is 0.225 e. The highest BCUT2D eigenvalue weighted by atomic mass is 31.1. The number of anilines is 1. The van der Waals surface area contributed by atoms with Crippen LogP contribution < -0.4 is 14.9 Å². The molecule has 1 aliphatic rings. The predicted octanol–water partition coefficient (Wildman–Crippen LogP) is 4.07. The summed E-state index contributed by atoms with van der Waals surface area (Å²) >= 11 is 0. The predicted molar refractivity (Wildman–Crippen MR) is 133 cm³/mol. The molecule has 0 aliphatic carbocycles. The third-order valence-corrected chi connectivity index (χ3v) is 7.17. The van der Waals surface area contributed by atoms with Crippen molar-refractivity contribution >= 4 is 30.3 Å². The maximum atomic E-state index is 9.89. The van der Waals surface area contributed by atoms with Gasteiger partial charge in [-0.3, -0.25) is 0 Å². The van der Waals surface area contributed by atoms with Crippen molar-refractivity contribution in [3.63, 3.8) is 0 Å². The van der Waals surface area contributed by atoms with Crippen molar-refractivity contribution in [2.75, 3.05) is 24.7 Å². The fourth-order valence-electron chi connectivity index (χ4n) is 4.18. The Bertz CT molecular complexity index is 1220. The number of piperidine rings is 1. The Morgan fingerprint density at radius 1 is 1.03 bits per heavy atom. The molecule has 1 N–H and O–H groups in total. The van der Waals surface area contributed by atoms with E-state index in [0.29, 0.717) is 0 Å². The molecule has 1 aromatic carbocycles. The number of hydrogen-bond donors (Lipinski definition) is 1. The molecular formula is C25H28N5O2P. The molecule has 8 heteroatoms. The molecule has 7 nitrogen and oxygen atoms in total. The first-order valence-corrected chi connectivity index (χ1v) is 13.1. The standard InChI is InChI=1S/C25H28N5O2P/c1-3-18-15-27-25(28-16-18)29-11-9-20(10-12-29)32-21-4-7-24(26-17-21)30-13-8-19-14-22(33(2)31)5-6-23(19)30/h4-8,13-17,20,31H,3,9-12H2,1-2H3. The summed E-state index contributed by atoms with van der Waals surface area (Å²) in [5.74, 6) is 2.43. The van der Waals surface area contributed by atoms with Gasteiger partial charge >= 0.3 is 0 Å². The Morgan fingerprint density at radius 3 is 2.48 bits per heavy atom. The minimum atomic E-state index is -1.10. The van der Waals surface area contributed by atoms with Gasteiger partial charge in [-0.2, -0.15) is 0 Å². The number of aromatic nitrogens is 4. The van der Waals surface area contributed by atoms with Crippen LogP contribution in [0.3, 0.4) is 0 Å². The van der Waals surface area contributed by atoms with Crippen molar-refractivity contribution in [1.29, 1.82) is 0 Å². The molecule has 1 atom stereocenters. The van der Waals surface area contributed by atoms with Crippen molar-refractivity contribution in [2.45, 2.75) is 32.3 Å². The number of hydrogen-bond acceptors (Lipinski definition) is 6. The van der Waals surface area contributed by atoms with E-state index in [9.17, 15) is 4.89 Å². The fraction of sp³-hybridized carbons (Fsp3) is 0.320. The summed E-state index contributed by atoms with van der Waals surface area (Å²) in [6.45, 7) is 5.71. The van der Waals surface area contributed by atoms with Crippen LogP contribution in [0.25, 0.3) is 16.7 Å². The maximum absolute atomic E-state index is 9.89. The van der Waals surface area contributed by atoms with E-state index < -0.39 is 8.15 Å². The topological polar surface area (TPSA) is 76.3 Å². The van der Waals surface area contributed by atoms with Gasteiger partial charge in [-0.05, 0) is 49.0 Å². The number of ether oxygens (including phenoxy) is 1. The van der Waals surface area contributed by atoms with Crippen LogP contribution in [0.5, 0.6) is 5.75 Å². The van der Waals surface area contributed by atoms with Crippen molar-refractivity contribution < 1.29 is 9.63 Å². The van der Waals surface area contributed by atoms with E-state index in [1.807, 2.05) is 55.6 Å². The normalized spacial score (nSPS) is 15.7. The summed E-state index contributed by atoms with van der Waals surface area (Å²) in [6.07, 6.45) is 10.6. The van der Waals surface area contributed by atoms with Crippen LogP contribution in [-0.2, 0) is 6.42 Å². The Labute approximate surface area is 194 Å². The second-order valence-electron chi connectivity index (χ2n) is 8.35. The summed E-state index contributed by atoms with van der Waals surface area (Å²) in [4.78, 5) is 25.7. The molecule has 4 heterocycles. The van der Waals surface area contributed by atoms with Crippen molar-refractivity contribution in [1.82, 2.24) is 19.5 Å². The molecule has 0 spiro atoms. The van der Waals surface area contributed by atoms with Gasteiger partial charge in [0.15, 0.2) is 0 Å². The first-order valence-electron chi connectivity index (χ1n) is 11.3. The molecule has 3 aromatic heterocycles. The summed E-state index contributed by atoms with van der Waals surface area (Å²) in [5, 5.41) is 2.07. The molecule has 1 aliphatic heterocycles. The molecule has 0 saturated carbocycles. The number of pyridine rings is 1. The molecule has 33 heavy (non-hydrogen) atoms. The quantitative estimate of drug-likeness (QED) is 0.436. The van der Waals surface area contributed by atoms with Crippen LogP contribution in [0.15, 0.2) is 61.2 Å². The number of fused-ring (bicyclic) bond motifs is 1. The van der Waals surface area contributed by atoms with Crippen molar-refractivity contribution in [3.05, 3.63) is 66.7 Å². The van der Waals surface area contributed by atoms with Crippen LogP contribution in [0.1, 0.15) is 25.3 Å². The van der Waals surface area contributed by atoms with Gasteiger partial charge in [-0.15, -0.1) is 0 Å². The first kappa shape index (κ1) is 21.8. The molecule has 1 saturated heterocycles. The van der Waals surface area contributed by atoms with E-state index in [0.717, 1.165) is 71.6 Å². The highest BCUT2D eigenvalue weighted by Crippen LogP contribution is 2.27. The zero-order chi connectivity index (χ0) is 22.8. The lowest BCUT2D eigenvalue weighted by Crippen LogP contribution is -2.39. The van der Waals surface area contributed by atoms with E-state index in [4.69, 9.17) is 4.74 Å².